The highest BCUT2D eigenvalue weighted by Gasteiger charge is 2.24. The fourth-order valence-corrected chi connectivity index (χ4v) is 3.49. The van der Waals surface area contributed by atoms with Crippen LogP contribution in [0, 0.1) is 0 Å². The van der Waals surface area contributed by atoms with Crippen molar-refractivity contribution in [3.63, 3.8) is 0 Å². The van der Waals surface area contributed by atoms with Crippen molar-refractivity contribution in [3.05, 3.63) is 59.8 Å². The van der Waals surface area contributed by atoms with Gasteiger partial charge < -0.3 is 19.8 Å². The number of aromatic amines is 1. The molecule has 0 radical (unpaired) electrons. The first kappa shape index (κ1) is 16.5. The molecule has 0 spiro atoms. The summed E-state index contributed by atoms with van der Waals surface area (Å²) in [4.78, 5) is 15.8. The largest absolute Gasteiger partial charge is 0.454 e. The molecule has 2 heterocycles. The molecule has 1 atom stereocenters. The molecule has 26 heavy (non-hydrogen) atoms. The van der Waals surface area contributed by atoms with Gasteiger partial charge >= 0.3 is 0 Å². The summed E-state index contributed by atoms with van der Waals surface area (Å²) in [6.07, 6.45) is 2.38. The van der Waals surface area contributed by atoms with Crippen LogP contribution < -0.4 is 14.8 Å². The number of ether oxygens (including phenoxy) is 2. The molecule has 1 aliphatic rings. The molecule has 4 rings (SSSR count). The topological polar surface area (TPSA) is 63.4 Å². The lowest BCUT2D eigenvalue weighted by molar-refractivity contribution is -0.121. The molecule has 5 nitrogen and oxygen atoms in total. The summed E-state index contributed by atoms with van der Waals surface area (Å²) < 4.78 is 11.0. The van der Waals surface area contributed by atoms with E-state index in [0.717, 1.165) is 33.5 Å². The number of H-pyrrole nitrogens is 1. The van der Waals surface area contributed by atoms with Gasteiger partial charge in [-0.15, -0.1) is 0 Å². The van der Waals surface area contributed by atoms with E-state index in [1.54, 1.807) is 0 Å². The number of carbonyl (C=O) groups is 1. The van der Waals surface area contributed by atoms with Crippen LogP contribution in [-0.4, -0.2) is 23.7 Å². The van der Waals surface area contributed by atoms with E-state index in [-0.39, 0.29) is 24.7 Å². The van der Waals surface area contributed by atoms with E-state index in [1.807, 2.05) is 56.4 Å². The first-order valence-electron chi connectivity index (χ1n) is 8.86. The fraction of sp³-hybridized carbons (Fsp3) is 0.286. The van der Waals surface area contributed by atoms with Crippen LogP contribution in [0.4, 0.5) is 0 Å². The number of aromatic nitrogens is 1. The Bertz CT molecular complexity index is 945. The zero-order valence-corrected chi connectivity index (χ0v) is 14.9. The summed E-state index contributed by atoms with van der Waals surface area (Å²) in [6.45, 7) is 4.18. The van der Waals surface area contributed by atoms with Gasteiger partial charge in [-0.1, -0.05) is 24.3 Å². The van der Waals surface area contributed by atoms with E-state index in [0.29, 0.717) is 6.42 Å². The van der Waals surface area contributed by atoms with Crippen LogP contribution in [0.25, 0.3) is 10.9 Å². The van der Waals surface area contributed by atoms with E-state index in [2.05, 4.69) is 16.4 Å². The van der Waals surface area contributed by atoms with Crippen molar-refractivity contribution in [1.29, 1.82) is 0 Å². The summed E-state index contributed by atoms with van der Waals surface area (Å²) in [7, 11) is 0. The maximum Gasteiger partial charge on any atom is 0.231 e. The minimum atomic E-state index is -0.0700. The second-order valence-corrected chi connectivity index (χ2v) is 6.88. The van der Waals surface area contributed by atoms with Gasteiger partial charge in [0.05, 0.1) is 0 Å². The quantitative estimate of drug-likeness (QED) is 0.732. The van der Waals surface area contributed by atoms with Crippen LogP contribution in [0.5, 0.6) is 11.5 Å². The van der Waals surface area contributed by atoms with Crippen molar-refractivity contribution in [3.8, 4) is 11.5 Å². The van der Waals surface area contributed by atoms with Crippen molar-refractivity contribution < 1.29 is 14.3 Å². The standard InChI is InChI=1S/C21H22N2O3/c1-13(2)23-21(24)10-16(14-7-8-19-20(9-14)26-12-25-19)17-11-22-18-6-4-3-5-15(17)18/h3-9,11,13,16,22H,10,12H2,1-2H3,(H,23,24). The molecule has 5 heteroatoms. The van der Waals surface area contributed by atoms with Gasteiger partial charge in [0.15, 0.2) is 11.5 Å². The molecule has 2 aromatic carbocycles. The van der Waals surface area contributed by atoms with Crippen LogP contribution in [0.15, 0.2) is 48.7 Å². The molecular weight excluding hydrogens is 328 g/mol. The Hall–Kier alpha value is -2.95. The zero-order valence-electron chi connectivity index (χ0n) is 14.9. The van der Waals surface area contributed by atoms with E-state index < -0.39 is 0 Å². The van der Waals surface area contributed by atoms with Crippen molar-refractivity contribution in [2.24, 2.45) is 0 Å². The number of hydrogen-bond acceptors (Lipinski definition) is 3. The lowest BCUT2D eigenvalue weighted by Crippen LogP contribution is -2.31. The second kappa shape index (κ2) is 6.75. The molecule has 1 aromatic heterocycles. The van der Waals surface area contributed by atoms with E-state index in [9.17, 15) is 4.79 Å². The molecule has 0 saturated heterocycles. The number of carbonyl (C=O) groups excluding carboxylic acids is 1. The highest BCUT2D eigenvalue weighted by Crippen LogP contribution is 2.39. The first-order valence-corrected chi connectivity index (χ1v) is 8.86. The summed E-state index contributed by atoms with van der Waals surface area (Å²) >= 11 is 0. The Morgan fingerprint density at radius 1 is 1.15 bits per heavy atom. The summed E-state index contributed by atoms with van der Waals surface area (Å²) in [5.74, 6) is 1.45. The smallest absolute Gasteiger partial charge is 0.231 e. The van der Waals surface area contributed by atoms with Gasteiger partial charge in [0, 0.05) is 35.5 Å². The lowest BCUT2D eigenvalue weighted by Gasteiger charge is -2.18. The van der Waals surface area contributed by atoms with Crippen molar-refractivity contribution in [2.45, 2.75) is 32.2 Å². The molecule has 0 aliphatic carbocycles. The number of rotatable bonds is 5. The summed E-state index contributed by atoms with van der Waals surface area (Å²) in [5.41, 5.74) is 3.22. The molecular formula is C21H22N2O3. The fourth-order valence-electron chi connectivity index (χ4n) is 3.49. The molecule has 1 aliphatic heterocycles. The molecule has 1 amide bonds. The Labute approximate surface area is 152 Å². The monoisotopic (exact) mass is 350 g/mol. The molecule has 134 valence electrons. The van der Waals surface area contributed by atoms with Crippen LogP contribution in [0.1, 0.15) is 37.3 Å². The SMILES string of the molecule is CC(C)NC(=O)CC(c1ccc2c(c1)OCO2)c1c[nH]c2ccccc12. The number of hydrogen-bond donors (Lipinski definition) is 2. The van der Waals surface area contributed by atoms with Crippen molar-refractivity contribution in [2.75, 3.05) is 6.79 Å². The van der Waals surface area contributed by atoms with Gasteiger partial charge in [0.1, 0.15) is 0 Å². The summed E-state index contributed by atoms with van der Waals surface area (Å²) in [6, 6.07) is 14.2. The number of amides is 1. The number of benzene rings is 2. The van der Waals surface area contributed by atoms with Crippen LogP contribution in [0.2, 0.25) is 0 Å². The highest BCUT2D eigenvalue weighted by atomic mass is 16.7. The van der Waals surface area contributed by atoms with Crippen LogP contribution in [-0.2, 0) is 4.79 Å². The van der Waals surface area contributed by atoms with Gasteiger partial charge in [0.2, 0.25) is 12.7 Å². The minimum absolute atomic E-state index is 0.0351. The van der Waals surface area contributed by atoms with Gasteiger partial charge in [0.25, 0.3) is 0 Å². The Balaban J connectivity index is 1.75. The third-order valence-corrected chi connectivity index (χ3v) is 4.63. The third-order valence-electron chi connectivity index (χ3n) is 4.63. The van der Waals surface area contributed by atoms with Crippen molar-refractivity contribution in [1.82, 2.24) is 10.3 Å². The van der Waals surface area contributed by atoms with Crippen LogP contribution >= 0.6 is 0 Å². The number of fused-ring (bicyclic) bond motifs is 2. The average molecular weight is 350 g/mol. The average Bonchev–Trinajstić information content (AvgIpc) is 3.25. The van der Waals surface area contributed by atoms with Crippen molar-refractivity contribution >= 4 is 16.8 Å². The predicted molar refractivity (Wildman–Crippen MR) is 101 cm³/mol. The molecule has 3 aromatic rings. The molecule has 0 fully saturated rings. The molecule has 2 N–H and O–H groups in total. The number of para-hydroxylation sites is 1. The van der Waals surface area contributed by atoms with E-state index >= 15 is 0 Å². The maximum absolute atomic E-state index is 12.5. The Morgan fingerprint density at radius 2 is 1.96 bits per heavy atom. The molecule has 1 unspecified atom stereocenters. The molecule has 0 bridgehead atoms. The Kier molecular flexibility index (Phi) is 4.29. The lowest BCUT2D eigenvalue weighted by atomic mass is 9.87. The minimum Gasteiger partial charge on any atom is -0.454 e. The highest BCUT2D eigenvalue weighted by molar-refractivity contribution is 5.86. The van der Waals surface area contributed by atoms with Gasteiger partial charge in [-0.05, 0) is 43.2 Å². The first-order chi connectivity index (χ1) is 12.6. The maximum atomic E-state index is 12.5. The Morgan fingerprint density at radius 3 is 2.81 bits per heavy atom. The third kappa shape index (κ3) is 3.12. The zero-order chi connectivity index (χ0) is 18.1. The molecule has 0 saturated carbocycles. The van der Waals surface area contributed by atoms with E-state index in [4.69, 9.17) is 9.47 Å². The van der Waals surface area contributed by atoms with Gasteiger partial charge in [-0.25, -0.2) is 0 Å². The summed E-state index contributed by atoms with van der Waals surface area (Å²) in [5, 5.41) is 4.13. The van der Waals surface area contributed by atoms with Gasteiger partial charge in [-0.2, -0.15) is 0 Å². The van der Waals surface area contributed by atoms with E-state index in [1.165, 1.54) is 0 Å². The predicted octanol–water partition coefficient (Wildman–Crippen LogP) is 3.94. The normalized spacial score (nSPS) is 14.0. The second-order valence-electron chi connectivity index (χ2n) is 6.88. The van der Waals surface area contributed by atoms with Crippen LogP contribution in [0.3, 0.4) is 0 Å². The number of nitrogens with one attached hydrogen (secondary N) is 2. The van der Waals surface area contributed by atoms with Gasteiger partial charge in [-0.3, -0.25) is 4.79 Å².